The highest BCUT2D eigenvalue weighted by molar-refractivity contribution is 7.89. The minimum Gasteiger partial charge on any atom is -0.382 e. The van der Waals surface area contributed by atoms with E-state index in [-0.39, 0.29) is 15.5 Å². The highest BCUT2D eigenvalue weighted by atomic mass is 35.5. The van der Waals surface area contributed by atoms with Gasteiger partial charge in [-0.25, -0.2) is 13.6 Å². The third-order valence-electron chi connectivity index (χ3n) is 3.42. The Morgan fingerprint density at radius 2 is 2.10 bits per heavy atom. The highest BCUT2D eigenvalue weighted by Gasteiger charge is 2.18. The van der Waals surface area contributed by atoms with Gasteiger partial charge in [-0.1, -0.05) is 11.6 Å². The number of ether oxygens (including phenoxy) is 1. The second-order valence-electron chi connectivity index (χ2n) is 4.92. The van der Waals surface area contributed by atoms with Gasteiger partial charge in [0.1, 0.15) is 6.07 Å². The van der Waals surface area contributed by atoms with Gasteiger partial charge in [0.05, 0.1) is 21.2 Å². The molecule has 1 saturated heterocycles. The van der Waals surface area contributed by atoms with Crippen molar-refractivity contribution < 1.29 is 13.2 Å². The number of nitrogens with zero attached hydrogens (tertiary/aromatic N) is 1. The molecule has 1 fully saturated rings. The fourth-order valence-electron chi connectivity index (χ4n) is 2.21. The molecule has 0 radical (unpaired) electrons. The van der Waals surface area contributed by atoms with Crippen LogP contribution in [0.1, 0.15) is 18.4 Å². The number of primary sulfonamides is 1. The van der Waals surface area contributed by atoms with Crippen molar-refractivity contribution in [1.29, 1.82) is 5.26 Å². The van der Waals surface area contributed by atoms with E-state index in [4.69, 9.17) is 26.7 Å². The van der Waals surface area contributed by atoms with Gasteiger partial charge >= 0.3 is 0 Å². The zero-order valence-electron chi connectivity index (χ0n) is 11.3. The lowest BCUT2D eigenvalue weighted by Crippen LogP contribution is -2.23. The Balaban J connectivity index is 2.21. The number of nitriles is 1. The van der Waals surface area contributed by atoms with E-state index in [0.29, 0.717) is 18.2 Å². The monoisotopic (exact) mass is 329 g/mol. The van der Waals surface area contributed by atoms with Crippen molar-refractivity contribution in [3.8, 4) is 6.07 Å². The van der Waals surface area contributed by atoms with Gasteiger partial charge in [0.25, 0.3) is 0 Å². The Labute approximate surface area is 128 Å². The molecule has 2 rings (SSSR count). The molecule has 1 aliphatic rings. The average molecular weight is 330 g/mol. The molecule has 8 heteroatoms. The minimum absolute atomic E-state index is 0.165. The van der Waals surface area contributed by atoms with Crippen LogP contribution in [-0.4, -0.2) is 28.2 Å². The molecular formula is C13H16ClN3O3S. The summed E-state index contributed by atoms with van der Waals surface area (Å²) in [7, 11) is -3.89. The summed E-state index contributed by atoms with van der Waals surface area (Å²) in [6, 6.07) is 4.43. The maximum Gasteiger partial charge on any atom is 0.238 e. The lowest BCUT2D eigenvalue weighted by molar-refractivity contribution is 0.0699. The minimum atomic E-state index is -3.89. The summed E-state index contributed by atoms with van der Waals surface area (Å²) >= 11 is 6.08. The smallest absolute Gasteiger partial charge is 0.238 e. The Bertz CT molecular complexity index is 664. The molecule has 1 aliphatic heterocycles. The van der Waals surface area contributed by atoms with Gasteiger partial charge in [-0.05, 0) is 30.9 Å². The lowest BCUT2D eigenvalue weighted by Gasteiger charge is -2.23. The number of nitrogens with two attached hydrogens (primary N) is 1. The van der Waals surface area contributed by atoms with Gasteiger partial charge in [0.2, 0.25) is 10.0 Å². The Morgan fingerprint density at radius 3 is 2.67 bits per heavy atom. The van der Waals surface area contributed by atoms with E-state index >= 15 is 0 Å². The first-order valence-electron chi connectivity index (χ1n) is 6.50. The second-order valence-corrected chi connectivity index (χ2v) is 6.89. The SMILES string of the molecule is N#Cc1cc(S(N)(=O)=O)cc(Cl)c1NCC1CCOCC1. The van der Waals surface area contributed by atoms with Crippen LogP contribution in [-0.2, 0) is 14.8 Å². The number of rotatable bonds is 4. The number of hydrogen-bond acceptors (Lipinski definition) is 5. The van der Waals surface area contributed by atoms with Crippen LogP contribution in [0.3, 0.4) is 0 Å². The molecule has 6 nitrogen and oxygen atoms in total. The fraction of sp³-hybridized carbons (Fsp3) is 0.462. The van der Waals surface area contributed by atoms with Gasteiger partial charge in [-0.3, -0.25) is 0 Å². The van der Waals surface area contributed by atoms with E-state index in [1.54, 1.807) is 0 Å². The zero-order chi connectivity index (χ0) is 15.5. The van der Waals surface area contributed by atoms with Crippen LogP contribution in [0, 0.1) is 17.2 Å². The average Bonchev–Trinajstić information content (AvgIpc) is 2.45. The molecule has 0 aliphatic carbocycles. The maximum atomic E-state index is 11.3. The molecule has 21 heavy (non-hydrogen) atoms. The molecule has 1 aromatic carbocycles. The zero-order valence-corrected chi connectivity index (χ0v) is 12.9. The molecule has 0 spiro atoms. The number of nitrogens with one attached hydrogen (secondary N) is 1. The van der Waals surface area contributed by atoms with Crippen molar-refractivity contribution >= 4 is 27.3 Å². The Hall–Kier alpha value is -1.33. The van der Waals surface area contributed by atoms with Gasteiger partial charge in [-0.15, -0.1) is 0 Å². The van der Waals surface area contributed by atoms with Crippen LogP contribution >= 0.6 is 11.6 Å². The summed E-state index contributed by atoms with van der Waals surface area (Å²) in [6.45, 7) is 2.12. The van der Waals surface area contributed by atoms with Crippen molar-refractivity contribution in [2.24, 2.45) is 11.1 Å². The maximum absolute atomic E-state index is 11.3. The summed E-state index contributed by atoms with van der Waals surface area (Å²) < 4.78 is 28.0. The predicted octanol–water partition coefficient (Wildman–Crippen LogP) is 1.70. The highest BCUT2D eigenvalue weighted by Crippen LogP contribution is 2.30. The quantitative estimate of drug-likeness (QED) is 0.874. The number of anilines is 1. The molecule has 114 valence electrons. The van der Waals surface area contributed by atoms with Gasteiger partial charge < -0.3 is 10.1 Å². The second kappa shape index (κ2) is 6.62. The first kappa shape index (κ1) is 16.0. The molecule has 1 heterocycles. The van der Waals surface area contributed by atoms with Crippen molar-refractivity contribution in [2.45, 2.75) is 17.7 Å². The van der Waals surface area contributed by atoms with Crippen LogP contribution in [0.4, 0.5) is 5.69 Å². The number of benzene rings is 1. The van der Waals surface area contributed by atoms with Gasteiger partial charge in [-0.2, -0.15) is 5.26 Å². The predicted molar refractivity (Wildman–Crippen MR) is 79.6 cm³/mol. The first-order chi connectivity index (χ1) is 9.91. The molecule has 0 atom stereocenters. The lowest BCUT2D eigenvalue weighted by atomic mass is 10.00. The van der Waals surface area contributed by atoms with E-state index < -0.39 is 10.0 Å². The normalized spacial score (nSPS) is 16.4. The third-order valence-corrected chi connectivity index (χ3v) is 4.61. The van der Waals surface area contributed by atoms with Crippen LogP contribution in [0.25, 0.3) is 0 Å². The van der Waals surface area contributed by atoms with E-state index in [9.17, 15) is 8.42 Å². The van der Waals surface area contributed by atoms with E-state index in [2.05, 4.69) is 5.32 Å². The summed E-state index contributed by atoms with van der Waals surface area (Å²) in [4.78, 5) is -0.166. The molecule has 0 amide bonds. The molecule has 3 N–H and O–H groups in total. The van der Waals surface area contributed by atoms with Crippen molar-refractivity contribution in [3.63, 3.8) is 0 Å². The molecular weight excluding hydrogens is 314 g/mol. The molecule has 1 aromatic rings. The molecule has 0 unspecified atom stereocenters. The number of halogens is 1. The van der Waals surface area contributed by atoms with E-state index in [1.807, 2.05) is 6.07 Å². The first-order valence-corrected chi connectivity index (χ1v) is 8.42. The van der Waals surface area contributed by atoms with Crippen LogP contribution in [0.2, 0.25) is 5.02 Å². The number of hydrogen-bond donors (Lipinski definition) is 2. The summed E-state index contributed by atoms with van der Waals surface area (Å²) in [5.41, 5.74) is 0.608. The third kappa shape index (κ3) is 4.08. The Kier molecular flexibility index (Phi) is 5.06. The van der Waals surface area contributed by atoms with Gasteiger partial charge in [0.15, 0.2) is 0 Å². The van der Waals surface area contributed by atoms with E-state index in [1.165, 1.54) is 12.1 Å². The van der Waals surface area contributed by atoms with Crippen LogP contribution in [0.15, 0.2) is 17.0 Å². The van der Waals surface area contributed by atoms with Gasteiger partial charge in [0, 0.05) is 19.8 Å². The Morgan fingerprint density at radius 1 is 1.43 bits per heavy atom. The van der Waals surface area contributed by atoms with Crippen LogP contribution in [0.5, 0.6) is 0 Å². The summed E-state index contributed by atoms with van der Waals surface area (Å²) in [5, 5.41) is 17.5. The largest absolute Gasteiger partial charge is 0.382 e. The van der Waals surface area contributed by atoms with Crippen molar-refractivity contribution in [3.05, 3.63) is 22.7 Å². The standard InChI is InChI=1S/C13H16ClN3O3S/c14-12-6-11(21(16,18)19)5-10(7-15)13(12)17-8-9-1-3-20-4-2-9/h5-6,9,17H,1-4,8H2,(H2,16,18,19). The molecule has 0 bridgehead atoms. The molecule has 0 aromatic heterocycles. The molecule has 0 saturated carbocycles. The summed E-state index contributed by atoms with van der Waals surface area (Å²) in [6.07, 6.45) is 1.89. The number of sulfonamides is 1. The van der Waals surface area contributed by atoms with Crippen molar-refractivity contribution in [1.82, 2.24) is 0 Å². The fourth-order valence-corrected chi connectivity index (χ4v) is 3.13. The summed E-state index contributed by atoms with van der Waals surface area (Å²) in [5.74, 6) is 0.444. The van der Waals surface area contributed by atoms with E-state index in [0.717, 1.165) is 26.1 Å². The van der Waals surface area contributed by atoms with Crippen LogP contribution < -0.4 is 10.5 Å². The topological polar surface area (TPSA) is 105 Å². The van der Waals surface area contributed by atoms with Crippen molar-refractivity contribution in [2.75, 3.05) is 25.1 Å².